The van der Waals surface area contributed by atoms with Gasteiger partial charge in [-0.05, 0) is 42.0 Å². The molecule has 1 N–H and O–H groups in total. The number of hydrogen-bond donors (Lipinski definition) is 1. The minimum atomic E-state index is -0.494. The molecule has 0 spiro atoms. The number of nitrogens with one attached hydrogen (secondary N) is 1. The molecule has 0 aliphatic rings. The Kier molecular flexibility index (Phi) is 8.48. The van der Waals surface area contributed by atoms with E-state index in [0.717, 1.165) is 5.56 Å². The van der Waals surface area contributed by atoms with Gasteiger partial charge in [0.2, 0.25) is 0 Å². The van der Waals surface area contributed by atoms with Crippen molar-refractivity contribution >= 4 is 23.6 Å². The Bertz CT molecular complexity index is 1110. The van der Waals surface area contributed by atoms with E-state index in [9.17, 15) is 9.59 Å². The third kappa shape index (κ3) is 6.87. The summed E-state index contributed by atoms with van der Waals surface area (Å²) in [6.07, 6.45) is 3.64. The molecule has 33 heavy (non-hydrogen) atoms. The molecule has 0 saturated heterocycles. The van der Waals surface area contributed by atoms with Gasteiger partial charge in [0.15, 0.2) is 18.1 Å². The van der Waals surface area contributed by atoms with Gasteiger partial charge in [-0.2, -0.15) is 0 Å². The fourth-order valence-electron chi connectivity index (χ4n) is 2.95. The van der Waals surface area contributed by atoms with Crippen molar-refractivity contribution in [2.75, 3.05) is 32.8 Å². The fraction of sp³-hybridized carbons (Fsp3) is 0.154. The summed E-state index contributed by atoms with van der Waals surface area (Å²) in [6.45, 7) is -0.111. The molecule has 0 unspecified atom stereocenters. The van der Waals surface area contributed by atoms with Crippen LogP contribution in [0.25, 0.3) is 6.08 Å². The zero-order valence-corrected chi connectivity index (χ0v) is 18.4. The lowest BCUT2D eigenvalue weighted by atomic mass is 10.2. The maximum absolute atomic E-state index is 12.3. The van der Waals surface area contributed by atoms with E-state index in [1.807, 2.05) is 42.5 Å². The molecule has 3 aromatic rings. The lowest BCUT2D eigenvalue weighted by molar-refractivity contribution is -0.118. The monoisotopic (exact) mass is 447 g/mol. The van der Waals surface area contributed by atoms with Crippen molar-refractivity contribution in [3.8, 4) is 17.2 Å². The first-order valence-electron chi connectivity index (χ1n) is 10.2. The number of methoxy groups -OCH3 is 2. The zero-order chi connectivity index (χ0) is 23.5. The van der Waals surface area contributed by atoms with Gasteiger partial charge < -0.3 is 24.3 Å². The van der Waals surface area contributed by atoms with Crippen LogP contribution in [0, 0.1) is 0 Å². The summed E-state index contributed by atoms with van der Waals surface area (Å²) in [5.74, 6) is 0.328. The van der Waals surface area contributed by atoms with Crippen LogP contribution in [0.4, 0.5) is 5.69 Å². The van der Waals surface area contributed by atoms with E-state index >= 15 is 0 Å². The van der Waals surface area contributed by atoms with Gasteiger partial charge in [0.05, 0.1) is 25.5 Å². The van der Waals surface area contributed by atoms with Crippen LogP contribution in [0.3, 0.4) is 0 Å². The maximum Gasteiger partial charge on any atom is 0.338 e. The molecule has 0 saturated carbocycles. The first kappa shape index (κ1) is 23.4. The fourth-order valence-corrected chi connectivity index (χ4v) is 2.95. The van der Waals surface area contributed by atoms with E-state index in [4.69, 9.17) is 18.9 Å². The van der Waals surface area contributed by atoms with Gasteiger partial charge in [-0.3, -0.25) is 4.79 Å². The summed E-state index contributed by atoms with van der Waals surface area (Å²) in [7, 11) is 2.98. The largest absolute Gasteiger partial charge is 0.495 e. The predicted octanol–water partition coefficient (Wildman–Crippen LogP) is 4.59. The van der Waals surface area contributed by atoms with Crippen LogP contribution in [0.5, 0.6) is 17.2 Å². The number of ether oxygens (including phenoxy) is 4. The third-order valence-electron chi connectivity index (χ3n) is 4.56. The topological polar surface area (TPSA) is 83.1 Å². The highest BCUT2D eigenvalue weighted by atomic mass is 16.5. The second-order valence-corrected chi connectivity index (χ2v) is 6.81. The van der Waals surface area contributed by atoms with E-state index in [0.29, 0.717) is 28.5 Å². The van der Waals surface area contributed by atoms with E-state index in [1.165, 1.54) is 20.3 Å². The molecule has 0 heterocycles. The Balaban J connectivity index is 1.54. The Labute approximate surface area is 192 Å². The maximum atomic E-state index is 12.3. The number of rotatable bonds is 10. The third-order valence-corrected chi connectivity index (χ3v) is 4.56. The number of hydrogen-bond acceptors (Lipinski definition) is 6. The molecular weight excluding hydrogens is 422 g/mol. The standard InChI is InChI=1S/C26H25NO6/c1-30-22-13-7-6-12-21(22)27-25(28)18-33-23-15-14-20(17-24(23)31-2)26(29)32-16-8-11-19-9-4-3-5-10-19/h3-15,17H,16,18H2,1-2H3,(H,27,28)/b11-8+. The van der Waals surface area contributed by atoms with E-state index in [-0.39, 0.29) is 19.1 Å². The number of benzene rings is 3. The molecular formula is C26H25NO6. The summed E-state index contributed by atoms with van der Waals surface area (Å²) in [5, 5.41) is 2.73. The SMILES string of the molecule is COc1ccccc1NC(=O)COc1ccc(C(=O)OC/C=C/c2ccccc2)cc1OC. The summed E-state index contributed by atoms with van der Waals surface area (Å²) in [4.78, 5) is 24.6. The minimum Gasteiger partial charge on any atom is -0.495 e. The number of amides is 1. The van der Waals surface area contributed by atoms with E-state index in [2.05, 4.69) is 5.32 Å². The predicted molar refractivity (Wildman–Crippen MR) is 126 cm³/mol. The van der Waals surface area contributed by atoms with Crippen molar-refractivity contribution in [2.45, 2.75) is 0 Å². The van der Waals surface area contributed by atoms with Crippen molar-refractivity contribution < 1.29 is 28.5 Å². The van der Waals surface area contributed by atoms with E-state index in [1.54, 1.807) is 36.4 Å². The van der Waals surface area contributed by atoms with E-state index < -0.39 is 5.97 Å². The highest BCUT2D eigenvalue weighted by Crippen LogP contribution is 2.29. The van der Waals surface area contributed by atoms with Gasteiger partial charge in [0.1, 0.15) is 12.4 Å². The van der Waals surface area contributed by atoms with Crippen LogP contribution in [0.1, 0.15) is 15.9 Å². The van der Waals surface area contributed by atoms with Crippen molar-refractivity contribution in [3.05, 3.63) is 90.0 Å². The lowest BCUT2D eigenvalue weighted by Gasteiger charge is -2.13. The second kappa shape index (κ2) is 12.0. The summed E-state index contributed by atoms with van der Waals surface area (Å²) in [6, 6.07) is 21.4. The molecule has 7 heteroatoms. The summed E-state index contributed by atoms with van der Waals surface area (Å²) >= 11 is 0. The molecule has 3 rings (SSSR count). The smallest absolute Gasteiger partial charge is 0.338 e. The Morgan fingerprint density at radius 2 is 1.58 bits per heavy atom. The molecule has 1 amide bonds. The van der Waals surface area contributed by atoms with Crippen molar-refractivity contribution in [1.29, 1.82) is 0 Å². The normalized spacial score (nSPS) is 10.5. The number of carbonyl (C=O) groups is 2. The molecule has 3 aromatic carbocycles. The average Bonchev–Trinajstić information content (AvgIpc) is 2.86. The first-order valence-corrected chi connectivity index (χ1v) is 10.2. The molecule has 0 aromatic heterocycles. The zero-order valence-electron chi connectivity index (χ0n) is 18.4. The van der Waals surface area contributed by atoms with Crippen molar-refractivity contribution in [1.82, 2.24) is 0 Å². The van der Waals surface area contributed by atoms with Crippen molar-refractivity contribution in [3.63, 3.8) is 0 Å². The molecule has 7 nitrogen and oxygen atoms in total. The minimum absolute atomic E-state index is 0.136. The molecule has 0 radical (unpaired) electrons. The number of esters is 1. The molecule has 0 fully saturated rings. The Hall–Kier alpha value is -4.26. The Morgan fingerprint density at radius 1 is 0.848 bits per heavy atom. The van der Waals surface area contributed by atoms with Crippen LogP contribution in [-0.4, -0.2) is 39.3 Å². The molecule has 0 aliphatic carbocycles. The van der Waals surface area contributed by atoms with Gasteiger partial charge in [-0.1, -0.05) is 48.5 Å². The average molecular weight is 447 g/mol. The van der Waals surface area contributed by atoms with Crippen LogP contribution in [0.15, 0.2) is 78.9 Å². The number of para-hydroxylation sites is 2. The summed E-state index contributed by atoms with van der Waals surface area (Å²) < 4.78 is 21.4. The molecule has 170 valence electrons. The molecule has 0 atom stereocenters. The number of anilines is 1. The van der Waals surface area contributed by atoms with Gasteiger partial charge >= 0.3 is 5.97 Å². The van der Waals surface area contributed by atoms with Gasteiger partial charge in [-0.25, -0.2) is 4.79 Å². The van der Waals surface area contributed by atoms with Gasteiger partial charge in [-0.15, -0.1) is 0 Å². The Morgan fingerprint density at radius 3 is 2.33 bits per heavy atom. The van der Waals surface area contributed by atoms with Gasteiger partial charge in [0, 0.05) is 0 Å². The lowest BCUT2D eigenvalue weighted by Crippen LogP contribution is -2.20. The van der Waals surface area contributed by atoms with Crippen LogP contribution in [-0.2, 0) is 9.53 Å². The quantitative estimate of drug-likeness (QED) is 0.458. The highest BCUT2D eigenvalue weighted by molar-refractivity contribution is 5.93. The number of carbonyl (C=O) groups excluding carboxylic acids is 2. The molecule has 0 bridgehead atoms. The highest BCUT2D eigenvalue weighted by Gasteiger charge is 2.14. The van der Waals surface area contributed by atoms with Crippen LogP contribution >= 0.6 is 0 Å². The van der Waals surface area contributed by atoms with Crippen LogP contribution in [0.2, 0.25) is 0 Å². The molecule has 0 aliphatic heterocycles. The van der Waals surface area contributed by atoms with Crippen LogP contribution < -0.4 is 19.5 Å². The van der Waals surface area contributed by atoms with Crippen molar-refractivity contribution in [2.24, 2.45) is 0 Å². The summed E-state index contributed by atoms with van der Waals surface area (Å²) in [5.41, 5.74) is 1.87. The second-order valence-electron chi connectivity index (χ2n) is 6.81. The first-order chi connectivity index (χ1) is 16.1. The van der Waals surface area contributed by atoms with Gasteiger partial charge in [0.25, 0.3) is 5.91 Å².